The molecule has 0 aliphatic carbocycles. The number of carbonyl (C=O) groups is 1. The molecule has 1 amide bonds. The van der Waals surface area contributed by atoms with Crippen molar-refractivity contribution < 1.29 is 4.79 Å². The first-order chi connectivity index (χ1) is 11.6. The highest BCUT2D eigenvalue weighted by molar-refractivity contribution is 9.10. The molecule has 130 valence electrons. The van der Waals surface area contributed by atoms with E-state index in [0.29, 0.717) is 18.8 Å². The number of carbonyl (C=O) groups excluding carboxylic acids is 1. The molecule has 0 radical (unpaired) electrons. The Balaban J connectivity index is 2.24. The molecule has 2 rings (SSSR count). The lowest BCUT2D eigenvalue weighted by atomic mass is 10.1. The van der Waals surface area contributed by atoms with Crippen LogP contribution in [0.1, 0.15) is 35.1 Å². The molecule has 0 unspecified atom stereocenters. The number of nitrogens with zero attached hydrogens (tertiary/aromatic N) is 4. The maximum absolute atomic E-state index is 12.6. The summed E-state index contributed by atoms with van der Waals surface area (Å²) >= 11 is 3.48. The van der Waals surface area contributed by atoms with Crippen molar-refractivity contribution in [3.05, 3.63) is 45.7 Å². The van der Waals surface area contributed by atoms with Crippen LogP contribution in [-0.2, 0) is 13.0 Å². The van der Waals surface area contributed by atoms with Crippen LogP contribution in [0.5, 0.6) is 0 Å². The van der Waals surface area contributed by atoms with E-state index in [1.807, 2.05) is 29.9 Å². The lowest BCUT2D eigenvalue weighted by Crippen LogP contribution is -2.33. The molecular formula is C17H24BrN5O. The molecule has 1 aromatic heterocycles. The first-order valence-electron chi connectivity index (χ1n) is 8.13. The molecular weight excluding hydrogens is 370 g/mol. The Labute approximate surface area is 151 Å². The molecule has 1 N–H and O–H groups in total. The smallest absolute Gasteiger partial charge is 0.276 e. The standard InChI is InChI=1S/C17H24BrN5O/c1-4-6-15-16(17(24)22(3)10-9-19-2)20-21-23(15)12-13-7-5-8-14(18)11-13/h5,7-8,11,19H,4,6,9-10,12H2,1-3H3. The highest BCUT2D eigenvalue weighted by Gasteiger charge is 2.22. The molecule has 0 bridgehead atoms. The zero-order valence-corrected chi connectivity index (χ0v) is 16.0. The van der Waals surface area contributed by atoms with Gasteiger partial charge in [0.05, 0.1) is 12.2 Å². The maximum atomic E-state index is 12.6. The maximum Gasteiger partial charge on any atom is 0.276 e. The van der Waals surface area contributed by atoms with Gasteiger partial charge in [0, 0.05) is 24.6 Å². The van der Waals surface area contributed by atoms with Gasteiger partial charge in [-0.15, -0.1) is 5.10 Å². The van der Waals surface area contributed by atoms with Crippen LogP contribution in [0.4, 0.5) is 0 Å². The summed E-state index contributed by atoms with van der Waals surface area (Å²) in [6.07, 6.45) is 1.72. The monoisotopic (exact) mass is 393 g/mol. The van der Waals surface area contributed by atoms with Gasteiger partial charge in [0.1, 0.15) is 0 Å². The van der Waals surface area contributed by atoms with Crippen LogP contribution in [0, 0.1) is 0 Å². The number of nitrogens with one attached hydrogen (secondary N) is 1. The Morgan fingerprint density at radius 3 is 2.88 bits per heavy atom. The van der Waals surface area contributed by atoms with Gasteiger partial charge in [-0.3, -0.25) is 4.79 Å². The summed E-state index contributed by atoms with van der Waals surface area (Å²) in [5.41, 5.74) is 2.48. The van der Waals surface area contributed by atoms with Crippen LogP contribution in [0.25, 0.3) is 0 Å². The van der Waals surface area contributed by atoms with Gasteiger partial charge in [0.2, 0.25) is 0 Å². The Morgan fingerprint density at radius 2 is 2.21 bits per heavy atom. The zero-order valence-electron chi connectivity index (χ0n) is 14.4. The lowest BCUT2D eigenvalue weighted by Gasteiger charge is -2.16. The summed E-state index contributed by atoms with van der Waals surface area (Å²) in [7, 11) is 3.66. The van der Waals surface area contributed by atoms with Gasteiger partial charge < -0.3 is 10.2 Å². The van der Waals surface area contributed by atoms with Crippen molar-refractivity contribution in [3.8, 4) is 0 Å². The van der Waals surface area contributed by atoms with Gasteiger partial charge >= 0.3 is 0 Å². The molecule has 0 saturated carbocycles. The van der Waals surface area contributed by atoms with E-state index in [4.69, 9.17) is 0 Å². The average Bonchev–Trinajstić information content (AvgIpc) is 2.95. The first kappa shape index (κ1) is 18.6. The third kappa shape index (κ3) is 4.64. The predicted molar refractivity (Wildman–Crippen MR) is 98.1 cm³/mol. The van der Waals surface area contributed by atoms with E-state index in [1.165, 1.54) is 0 Å². The second-order valence-electron chi connectivity index (χ2n) is 5.75. The molecule has 7 heteroatoms. The number of aromatic nitrogens is 3. The lowest BCUT2D eigenvalue weighted by molar-refractivity contribution is 0.0789. The minimum atomic E-state index is -0.0748. The van der Waals surface area contributed by atoms with Gasteiger partial charge in [0.15, 0.2) is 5.69 Å². The van der Waals surface area contributed by atoms with Crippen molar-refractivity contribution in [2.45, 2.75) is 26.3 Å². The van der Waals surface area contributed by atoms with E-state index < -0.39 is 0 Å². The van der Waals surface area contributed by atoms with E-state index in [-0.39, 0.29) is 5.91 Å². The number of benzene rings is 1. The molecule has 6 nitrogen and oxygen atoms in total. The number of halogens is 1. The van der Waals surface area contributed by atoms with Crippen molar-refractivity contribution in [1.29, 1.82) is 0 Å². The van der Waals surface area contributed by atoms with Crippen molar-refractivity contribution >= 4 is 21.8 Å². The Kier molecular flexibility index (Phi) is 6.93. The third-order valence-electron chi connectivity index (χ3n) is 3.79. The van der Waals surface area contributed by atoms with Gasteiger partial charge in [-0.1, -0.05) is 46.6 Å². The number of hydrogen-bond acceptors (Lipinski definition) is 4. The summed E-state index contributed by atoms with van der Waals surface area (Å²) in [4.78, 5) is 14.3. The summed E-state index contributed by atoms with van der Waals surface area (Å²) in [5.74, 6) is -0.0748. The Bertz CT molecular complexity index is 685. The molecule has 1 heterocycles. The fraction of sp³-hybridized carbons (Fsp3) is 0.471. The van der Waals surface area contributed by atoms with Gasteiger partial charge in [-0.25, -0.2) is 4.68 Å². The van der Waals surface area contributed by atoms with Crippen molar-refractivity contribution in [2.24, 2.45) is 0 Å². The molecule has 0 aliphatic heterocycles. The number of rotatable bonds is 8. The van der Waals surface area contributed by atoms with Crippen molar-refractivity contribution in [1.82, 2.24) is 25.2 Å². The zero-order chi connectivity index (χ0) is 17.5. The topological polar surface area (TPSA) is 63.1 Å². The fourth-order valence-electron chi connectivity index (χ4n) is 2.48. The van der Waals surface area contributed by atoms with Crippen LogP contribution >= 0.6 is 15.9 Å². The Morgan fingerprint density at radius 1 is 1.42 bits per heavy atom. The normalized spacial score (nSPS) is 10.8. The van der Waals surface area contributed by atoms with E-state index in [9.17, 15) is 4.79 Å². The summed E-state index contributed by atoms with van der Waals surface area (Å²) in [6.45, 7) is 4.08. The number of hydrogen-bond donors (Lipinski definition) is 1. The summed E-state index contributed by atoms with van der Waals surface area (Å²) < 4.78 is 2.87. The largest absolute Gasteiger partial charge is 0.339 e. The molecule has 0 spiro atoms. The van der Waals surface area contributed by atoms with Crippen LogP contribution < -0.4 is 5.32 Å². The predicted octanol–water partition coefficient (Wildman–Crippen LogP) is 2.33. The van der Waals surface area contributed by atoms with E-state index in [0.717, 1.165) is 35.1 Å². The fourth-order valence-corrected chi connectivity index (χ4v) is 2.93. The van der Waals surface area contributed by atoms with Gasteiger partial charge in [-0.05, 0) is 31.2 Å². The number of likely N-dealkylation sites (N-methyl/N-ethyl adjacent to an activating group) is 2. The van der Waals surface area contributed by atoms with Crippen LogP contribution in [0.3, 0.4) is 0 Å². The quantitative estimate of drug-likeness (QED) is 0.747. The average molecular weight is 394 g/mol. The van der Waals surface area contributed by atoms with Crippen molar-refractivity contribution in [2.75, 3.05) is 27.2 Å². The van der Waals surface area contributed by atoms with E-state index in [2.05, 4.69) is 44.5 Å². The van der Waals surface area contributed by atoms with Crippen LogP contribution in [-0.4, -0.2) is 53.0 Å². The second kappa shape index (κ2) is 8.94. The molecule has 1 aromatic carbocycles. The van der Waals surface area contributed by atoms with Gasteiger partial charge in [-0.2, -0.15) is 0 Å². The third-order valence-corrected chi connectivity index (χ3v) is 4.29. The minimum absolute atomic E-state index is 0.0748. The highest BCUT2D eigenvalue weighted by Crippen LogP contribution is 2.16. The van der Waals surface area contributed by atoms with Crippen LogP contribution in [0.2, 0.25) is 0 Å². The SMILES string of the molecule is CCCc1c(C(=O)N(C)CCNC)nnn1Cc1cccc(Br)c1. The van der Waals surface area contributed by atoms with Gasteiger partial charge in [0.25, 0.3) is 5.91 Å². The first-order valence-corrected chi connectivity index (χ1v) is 8.93. The molecule has 24 heavy (non-hydrogen) atoms. The second-order valence-corrected chi connectivity index (χ2v) is 6.67. The molecule has 0 saturated heterocycles. The molecule has 0 aliphatic rings. The number of amides is 1. The Hall–Kier alpha value is -1.73. The van der Waals surface area contributed by atoms with E-state index >= 15 is 0 Å². The summed E-state index contributed by atoms with van der Waals surface area (Å²) in [5, 5.41) is 11.5. The van der Waals surface area contributed by atoms with Crippen LogP contribution in [0.15, 0.2) is 28.7 Å². The molecule has 2 aromatic rings. The summed E-state index contributed by atoms with van der Waals surface area (Å²) in [6, 6.07) is 8.08. The van der Waals surface area contributed by atoms with E-state index in [1.54, 1.807) is 11.9 Å². The highest BCUT2D eigenvalue weighted by atomic mass is 79.9. The van der Waals surface area contributed by atoms with Crippen molar-refractivity contribution in [3.63, 3.8) is 0 Å². The minimum Gasteiger partial charge on any atom is -0.339 e. The molecule has 0 atom stereocenters. The molecule has 0 fully saturated rings.